The third kappa shape index (κ3) is 4.05. The lowest BCUT2D eigenvalue weighted by Gasteiger charge is -2.23. The van der Waals surface area contributed by atoms with Crippen LogP contribution in [0.25, 0.3) is 22.3 Å². The Morgan fingerprint density at radius 3 is 2.44 bits per heavy atom. The second kappa shape index (κ2) is 7.70. The Morgan fingerprint density at radius 1 is 1.11 bits per heavy atom. The predicted molar refractivity (Wildman–Crippen MR) is 104 cm³/mol. The van der Waals surface area contributed by atoms with Crippen LogP contribution in [0, 0.1) is 11.7 Å². The summed E-state index contributed by atoms with van der Waals surface area (Å²) in [5.74, 6) is 0.394. The molecule has 0 aliphatic rings. The number of carbonyl (C=O) groups is 1. The molecule has 0 spiro atoms. The zero-order valence-corrected chi connectivity index (χ0v) is 15.9. The van der Waals surface area contributed by atoms with Gasteiger partial charge in [-0.25, -0.2) is 19.2 Å². The number of anilines is 1. The largest absolute Gasteiger partial charge is 0.465 e. The lowest BCUT2D eigenvalue weighted by atomic mass is 10.1. The summed E-state index contributed by atoms with van der Waals surface area (Å²) in [4.78, 5) is 23.4. The molecular weight excluding hydrogens is 345 g/mol. The molecule has 0 aliphatic carbocycles. The van der Waals surface area contributed by atoms with Gasteiger partial charge in [0.1, 0.15) is 11.5 Å². The number of fused-ring (bicyclic) bond motifs is 1. The molecule has 0 aliphatic heterocycles. The van der Waals surface area contributed by atoms with E-state index in [1.807, 2.05) is 11.9 Å². The molecule has 1 heterocycles. The van der Waals surface area contributed by atoms with Gasteiger partial charge in [0.15, 0.2) is 5.82 Å². The summed E-state index contributed by atoms with van der Waals surface area (Å²) in [6.45, 7) is 5.03. The summed E-state index contributed by atoms with van der Waals surface area (Å²) in [5, 5.41) is 0. The predicted octanol–water partition coefficient (Wildman–Crippen LogP) is 4.31. The van der Waals surface area contributed by atoms with Gasteiger partial charge in [0.2, 0.25) is 0 Å². The highest BCUT2D eigenvalue weighted by Crippen LogP contribution is 2.30. The van der Waals surface area contributed by atoms with Gasteiger partial charge < -0.3 is 9.64 Å². The van der Waals surface area contributed by atoms with E-state index in [1.54, 1.807) is 30.3 Å². The number of esters is 1. The van der Waals surface area contributed by atoms with Crippen LogP contribution in [0.1, 0.15) is 24.2 Å². The number of nitrogens with zero attached hydrogens (tertiary/aromatic N) is 3. The van der Waals surface area contributed by atoms with Crippen molar-refractivity contribution in [1.29, 1.82) is 0 Å². The zero-order chi connectivity index (χ0) is 19.6. The fraction of sp³-hybridized carbons (Fsp3) is 0.286. The van der Waals surface area contributed by atoms with Crippen molar-refractivity contribution in [2.75, 3.05) is 25.6 Å². The number of methoxy groups -OCH3 is 1. The minimum absolute atomic E-state index is 0.299. The Balaban J connectivity index is 2.19. The van der Waals surface area contributed by atoms with Crippen LogP contribution in [0.3, 0.4) is 0 Å². The van der Waals surface area contributed by atoms with Crippen LogP contribution in [0.15, 0.2) is 42.5 Å². The highest BCUT2D eigenvalue weighted by molar-refractivity contribution is 5.94. The van der Waals surface area contributed by atoms with Crippen LogP contribution in [0.4, 0.5) is 10.2 Å². The van der Waals surface area contributed by atoms with Gasteiger partial charge in [-0.3, -0.25) is 0 Å². The Morgan fingerprint density at radius 2 is 1.81 bits per heavy atom. The molecule has 0 N–H and O–H groups in total. The molecule has 3 aromatic rings. The van der Waals surface area contributed by atoms with Crippen molar-refractivity contribution in [2.45, 2.75) is 13.8 Å². The molecule has 2 aromatic carbocycles. The van der Waals surface area contributed by atoms with Gasteiger partial charge in [-0.2, -0.15) is 0 Å². The molecule has 0 fully saturated rings. The van der Waals surface area contributed by atoms with Gasteiger partial charge in [0.05, 0.1) is 23.7 Å². The van der Waals surface area contributed by atoms with Crippen LogP contribution in [0.5, 0.6) is 0 Å². The first-order valence-electron chi connectivity index (χ1n) is 8.76. The van der Waals surface area contributed by atoms with Crippen molar-refractivity contribution in [1.82, 2.24) is 9.97 Å². The van der Waals surface area contributed by atoms with Crippen LogP contribution in [-0.4, -0.2) is 36.6 Å². The van der Waals surface area contributed by atoms with Crippen molar-refractivity contribution in [3.8, 4) is 11.3 Å². The minimum atomic E-state index is -0.418. The van der Waals surface area contributed by atoms with Crippen molar-refractivity contribution in [2.24, 2.45) is 5.92 Å². The summed E-state index contributed by atoms with van der Waals surface area (Å²) in [6.07, 6.45) is 0. The van der Waals surface area contributed by atoms with E-state index in [0.717, 1.165) is 12.1 Å². The normalized spacial score (nSPS) is 11.0. The molecule has 5 nitrogen and oxygen atoms in total. The third-order valence-electron chi connectivity index (χ3n) is 4.19. The van der Waals surface area contributed by atoms with Gasteiger partial charge in [0, 0.05) is 19.2 Å². The molecule has 27 heavy (non-hydrogen) atoms. The lowest BCUT2D eigenvalue weighted by Crippen LogP contribution is -2.24. The number of benzene rings is 2. The fourth-order valence-electron chi connectivity index (χ4n) is 2.99. The Hall–Kier alpha value is -3.02. The van der Waals surface area contributed by atoms with E-state index in [-0.39, 0.29) is 5.82 Å². The third-order valence-corrected chi connectivity index (χ3v) is 4.19. The first kappa shape index (κ1) is 18.8. The quantitative estimate of drug-likeness (QED) is 0.629. The van der Waals surface area contributed by atoms with Crippen molar-refractivity contribution in [3.05, 3.63) is 53.8 Å². The van der Waals surface area contributed by atoms with Crippen LogP contribution in [0.2, 0.25) is 0 Å². The first-order chi connectivity index (χ1) is 12.9. The maximum Gasteiger partial charge on any atom is 0.337 e. The average Bonchev–Trinajstić information content (AvgIpc) is 2.66. The first-order valence-corrected chi connectivity index (χ1v) is 8.76. The van der Waals surface area contributed by atoms with Gasteiger partial charge in [-0.05, 0) is 48.4 Å². The zero-order valence-electron chi connectivity index (χ0n) is 15.9. The summed E-state index contributed by atoms with van der Waals surface area (Å²) in [7, 11) is 3.30. The van der Waals surface area contributed by atoms with Gasteiger partial charge in [-0.1, -0.05) is 13.8 Å². The van der Waals surface area contributed by atoms with Gasteiger partial charge in [-0.15, -0.1) is 0 Å². The number of hydrogen-bond donors (Lipinski definition) is 0. The molecule has 0 amide bonds. The molecule has 3 rings (SSSR count). The summed E-state index contributed by atoms with van der Waals surface area (Å²) >= 11 is 0. The highest BCUT2D eigenvalue weighted by Gasteiger charge is 2.17. The summed E-state index contributed by atoms with van der Waals surface area (Å²) in [6, 6.07) is 11.3. The van der Waals surface area contributed by atoms with E-state index >= 15 is 0 Å². The Labute approximate surface area is 157 Å². The molecule has 1 aromatic heterocycles. The van der Waals surface area contributed by atoms with E-state index in [9.17, 15) is 9.18 Å². The number of ether oxygens (including phenoxy) is 1. The SMILES string of the molecule is COC(=O)c1ccc2nc(-c3ccc(F)cc3)c(N(C)CC(C)C)nc2c1. The molecule has 0 bridgehead atoms. The summed E-state index contributed by atoms with van der Waals surface area (Å²) < 4.78 is 18.1. The molecule has 0 radical (unpaired) electrons. The van der Waals surface area contributed by atoms with Crippen molar-refractivity contribution >= 4 is 22.8 Å². The van der Waals surface area contributed by atoms with Gasteiger partial charge in [0.25, 0.3) is 0 Å². The van der Waals surface area contributed by atoms with Gasteiger partial charge >= 0.3 is 5.97 Å². The number of carbonyl (C=O) groups excluding carboxylic acids is 1. The monoisotopic (exact) mass is 367 g/mol. The van der Waals surface area contributed by atoms with Crippen molar-refractivity contribution < 1.29 is 13.9 Å². The molecular formula is C21H22FN3O2. The van der Waals surface area contributed by atoms with E-state index in [4.69, 9.17) is 14.7 Å². The lowest BCUT2D eigenvalue weighted by molar-refractivity contribution is 0.0601. The molecule has 0 atom stereocenters. The Kier molecular flexibility index (Phi) is 5.35. The van der Waals surface area contributed by atoms with Crippen LogP contribution in [-0.2, 0) is 4.74 Å². The number of halogens is 1. The second-order valence-electron chi connectivity index (χ2n) is 6.87. The minimum Gasteiger partial charge on any atom is -0.465 e. The average molecular weight is 367 g/mol. The molecule has 0 unspecified atom stereocenters. The summed E-state index contributed by atoms with van der Waals surface area (Å²) in [5.41, 5.74) is 3.15. The smallest absolute Gasteiger partial charge is 0.337 e. The van der Waals surface area contributed by atoms with E-state index < -0.39 is 5.97 Å². The molecule has 140 valence electrons. The fourth-order valence-corrected chi connectivity index (χ4v) is 2.99. The molecule has 0 saturated heterocycles. The maximum absolute atomic E-state index is 13.3. The van der Waals surface area contributed by atoms with Crippen molar-refractivity contribution in [3.63, 3.8) is 0 Å². The van der Waals surface area contributed by atoms with Crippen LogP contribution >= 0.6 is 0 Å². The van der Waals surface area contributed by atoms with E-state index in [1.165, 1.54) is 19.2 Å². The molecule has 0 saturated carbocycles. The topological polar surface area (TPSA) is 55.3 Å². The second-order valence-corrected chi connectivity index (χ2v) is 6.87. The van der Waals surface area contributed by atoms with E-state index in [0.29, 0.717) is 34.0 Å². The highest BCUT2D eigenvalue weighted by atomic mass is 19.1. The maximum atomic E-state index is 13.3. The number of hydrogen-bond acceptors (Lipinski definition) is 5. The molecule has 6 heteroatoms. The number of aromatic nitrogens is 2. The number of rotatable bonds is 5. The Bertz CT molecular complexity index is 971. The van der Waals surface area contributed by atoms with Crippen LogP contribution < -0.4 is 4.90 Å². The standard InChI is InChI=1S/C21H22FN3O2/c1-13(2)12-25(3)20-19(14-5-8-16(22)9-6-14)23-17-10-7-15(21(26)27-4)11-18(17)24-20/h5-11,13H,12H2,1-4H3. The van der Waals surface area contributed by atoms with E-state index in [2.05, 4.69) is 13.8 Å².